The van der Waals surface area contributed by atoms with Crippen LogP contribution in [-0.4, -0.2) is 38.0 Å². The van der Waals surface area contributed by atoms with E-state index in [1.807, 2.05) is 0 Å². The van der Waals surface area contributed by atoms with Crippen molar-refractivity contribution < 1.29 is 14.3 Å². The second-order valence-electron chi connectivity index (χ2n) is 5.71. The summed E-state index contributed by atoms with van der Waals surface area (Å²) in [6.45, 7) is 1.20. The van der Waals surface area contributed by atoms with E-state index in [0.29, 0.717) is 16.5 Å². The van der Waals surface area contributed by atoms with Crippen LogP contribution in [0.25, 0.3) is 17.3 Å². The Bertz CT molecular complexity index is 944. The Balaban J connectivity index is 2.03. The molecular weight excluding hydrogens is 360 g/mol. The number of nitrogens with one attached hydrogen (secondary N) is 1. The highest BCUT2D eigenvalue weighted by Gasteiger charge is 2.20. The van der Waals surface area contributed by atoms with E-state index in [9.17, 15) is 9.59 Å². The Morgan fingerprint density at radius 1 is 1.35 bits per heavy atom. The maximum atomic E-state index is 12.8. The van der Waals surface area contributed by atoms with Crippen LogP contribution in [0.5, 0.6) is 0 Å². The maximum absolute atomic E-state index is 12.8. The minimum atomic E-state index is -0.495. The molecule has 1 atom stereocenters. The molecule has 0 radical (unpaired) electrons. The third-order valence-corrected chi connectivity index (χ3v) is 3.91. The number of rotatable bonds is 6. The molecule has 0 saturated heterocycles. The summed E-state index contributed by atoms with van der Waals surface area (Å²) in [6, 6.07) is 9.49. The van der Waals surface area contributed by atoms with Gasteiger partial charge in [-0.15, -0.1) is 5.10 Å². The molecule has 26 heavy (non-hydrogen) atoms. The fourth-order valence-electron chi connectivity index (χ4n) is 2.39. The Hall–Kier alpha value is -2.84. The van der Waals surface area contributed by atoms with Crippen molar-refractivity contribution in [1.29, 1.82) is 0 Å². The van der Waals surface area contributed by atoms with Crippen LogP contribution >= 0.6 is 11.6 Å². The molecule has 0 aliphatic carbocycles. The lowest BCUT2D eigenvalue weighted by molar-refractivity contribution is -0.122. The fourth-order valence-corrected chi connectivity index (χ4v) is 2.51. The Morgan fingerprint density at radius 3 is 2.69 bits per heavy atom. The van der Waals surface area contributed by atoms with Gasteiger partial charge in [-0.2, -0.15) is 4.68 Å². The first-order valence-corrected chi connectivity index (χ1v) is 8.27. The van der Waals surface area contributed by atoms with Crippen LogP contribution in [0.15, 0.2) is 51.9 Å². The molecule has 0 fully saturated rings. The smallest absolute Gasteiger partial charge is 0.351 e. The summed E-state index contributed by atoms with van der Waals surface area (Å²) in [5.41, 5.74) is 0.0145. The second kappa shape index (κ2) is 7.59. The molecule has 0 bridgehead atoms. The number of aromatic nitrogens is 3. The molecule has 2 heterocycles. The first kappa shape index (κ1) is 18.0. The zero-order valence-corrected chi connectivity index (χ0v) is 14.7. The molecular formula is C17H17ClN4O4. The number of aliphatic hydroxyl groups is 1. The van der Waals surface area contributed by atoms with Crippen molar-refractivity contribution >= 4 is 17.5 Å². The average molecular weight is 377 g/mol. The molecule has 0 aliphatic rings. The predicted molar refractivity (Wildman–Crippen MR) is 95.2 cm³/mol. The van der Waals surface area contributed by atoms with Crippen molar-refractivity contribution in [3.8, 4) is 17.3 Å². The van der Waals surface area contributed by atoms with E-state index in [-0.39, 0.29) is 19.0 Å². The van der Waals surface area contributed by atoms with Crippen LogP contribution < -0.4 is 11.0 Å². The summed E-state index contributed by atoms with van der Waals surface area (Å²) in [7, 11) is 0. The first-order valence-electron chi connectivity index (χ1n) is 7.89. The number of benzene rings is 1. The average Bonchev–Trinajstić information content (AvgIpc) is 3.25. The molecule has 8 nitrogen and oxygen atoms in total. The normalized spacial score (nSPS) is 12.1. The van der Waals surface area contributed by atoms with Gasteiger partial charge in [-0.1, -0.05) is 11.6 Å². The molecule has 2 N–H and O–H groups in total. The molecule has 1 amide bonds. The van der Waals surface area contributed by atoms with Gasteiger partial charge in [0.25, 0.3) is 0 Å². The summed E-state index contributed by atoms with van der Waals surface area (Å²) < 4.78 is 7.73. The van der Waals surface area contributed by atoms with Crippen molar-refractivity contribution in [3.05, 3.63) is 58.2 Å². The van der Waals surface area contributed by atoms with Gasteiger partial charge in [0, 0.05) is 11.1 Å². The largest absolute Gasteiger partial charge is 0.461 e. The summed E-state index contributed by atoms with van der Waals surface area (Å²) in [5, 5.41) is 16.5. The van der Waals surface area contributed by atoms with E-state index in [1.165, 1.54) is 15.5 Å². The van der Waals surface area contributed by atoms with Crippen LogP contribution in [0.4, 0.5) is 0 Å². The topological polar surface area (TPSA) is 102 Å². The van der Waals surface area contributed by atoms with Crippen LogP contribution in [0.1, 0.15) is 6.92 Å². The summed E-state index contributed by atoms with van der Waals surface area (Å²) >= 11 is 5.89. The van der Waals surface area contributed by atoms with E-state index in [2.05, 4.69) is 10.4 Å². The molecule has 9 heteroatoms. The summed E-state index contributed by atoms with van der Waals surface area (Å²) in [6.07, 6.45) is 1.46. The number of aliphatic hydroxyl groups excluding tert-OH is 1. The van der Waals surface area contributed by atoms with Crippen LogP contribution in [0.2, 0.25) is 5.02 Å². The van der Waals surface area contributed by atoms with Gasteiger partial charge in [0.15, 0.2) is 5.76 Å². The van der Waals surface area contributed by atoms with Crippen molar-refractivity contribution in [2.24, 2.45) is 0 Å². The van der Waals surface area contributed by atoms with E-state index >= 15 is 0 Å². The molecule has 0 spiro atoms. The molecule has 0 aliphatic heterocycles. The number of carbonyl (C=O) groups excluding carboxylic acids is 1. The first-order chi connectivity index (χ1) is 12.5. The third-order valence-electron chi connectivity index (χ3n) is 3.66. The van der Waals surface area contributed by atoms with Crippen molar-refractivity contribution in [2.45, 2.75) is 19.5 Å². The fraction of sp³-hybridized carbons (Fsp3) is 0.235. The molecule has 3 aromatic rings. The maximum Gasteiger partial charge on any atom is 0.351 e. The number of furan rings is 1. The second-order valence-corrected chi connectivity index (χ2v) is 6.15. The van der Waals surface area contributed by atoms with Crippen LogP contribution in [-0.2, 0) is 11.3 Å². The zero-order valence-electron chi connectivity index (χ0n) is 13.9. The molecule has 136 valence electrons. The molecule has 0 saturated carbocycles. The Labute approximate surface area is 153 Å². The number of hydrogen-bond acceptors (Lipinski definition) is 5. The third kappa shape index (κ3) is 3.71. The molecule has 1 unspecified atom stereocenters. The summed E-state index contributed by atoms with van der Waals surface area (Å²) in [5.74, 6) is 0.164. The highest BCUT2D eigenvalue weighted by atomic mass is 35.5. The van der Waals surface area contributed by atoms with Crippen molar-refractivity contribution in [3.63, 3.8) is 0 Å². The van der Waals surface area contributed by atoms with Gasteiger partial charge in [0.2, 0.25) is 11.7 Å². The quantitative estimate of drug-likeness (QED) is 0.677. The minimum Gasteiger partial charge on any atom is -0.461 e. The molecule has 1 aromatic carbocycles. The number of halogens is 1. The highest BCUT2D eigenvalue weighted by Crippen LogP contribution is 2.18. The Morgan fingerprint density at radius 2 is 2.08 bits per heavy atom. The van der Waals surface area contributed by atoms with Crippen LogP contribution in [0, 0.1) is 0 Å². The van der Waals surface area contributed by atoms with Crippen molar-refractivity contribution in [1.82, 2.24) is 19.7 Å². The zero-order chi connectivity index (χ0) is 18.7. The van der Waals surface area contributed by atoms with Gasteiger partial charge in [-0.3, -0.25) is 9.36 Å². The van der Waals surface area contributed by atoms with E-state index in [0.717, 1.165) is 0 Å². The van der Waals surface area contributed by atoms with Crippen LogP contribution in [0.3, 0.4) is 0 Å². The monoisotopic (exact) mass is 376 g/mol. The van der Waals surface area contributed by atoms with Gasteiger partial charge in [-0.25, -0.2) is 4.79 Å². The van der Waals surface area contributed by atoms with Gasteiger partial charge in [0.05, 0.1) is 18.6 Å². The standard InChI is InChI=1S/C17H17ClN4O4/c1-11(10-23)19-15(24)9-21-16(14-3-2-8-26-14)20-22(17(21)25)13-6-4-12(18)5-7-13/h2-8,11,23H,9-10H2,1H3,(H,19,24). The lowest BCUT2D eigenvalue weighted by Gasteiger charge is -2.11. The predicted octanol–water partition coefficient (Wildman–Crippen LogP) is 1.44. The Kier molecular flexibility index (Phi) is 5.24. The van der Waals surface area contributed by atoms with E-state index in [4.69, 9.17) is 21.1 Å². The van der Waals surface area contributed by atoms with Gasteiger partial charge in [0.1, 0.15) is 6.54 Å². The lowest BCUT2D eigenvalue weighted by Crippen LogP contribution is -2.39. The van der Waals surface area contributed by atoms with Crippen molar-refractivity contribution in [2.75, 3.05) is 6.61 Å². The van der Waals surface area contributed by atoms with Gasteiger partial charge >= 0.3 is 5.69 Å². The number of carbonyl (C=O) groups is 1. The summed E-state index contributed by atoms with van der Waals surface area (Å²) in [4.78, 5) is 25.0. The number of nitrogens with zero attached hydrogens (tertiary/aromatic N) is 3. The number of hydrogen-bond donors (Lipinski definition) is 2. The SMILES string of the molecule is CC(CO)NC(=O)Cn1c(-c2ccco2)nn(-c2ccc(Cl)cc2)c1=O. The number of amides is 1. The van der Waals surface area contributed by atoms with E-state index < -0.39 is 17.6 Å². The minimum absolute atomic E-state index is 0.199. The van der Waals surface area contributed by atoms with Gasteiger partial charge in [-0.05, 0) is 43.3 Å². The molecule has 3 rings (SSSR count). The lowest BCUT2D eigenvalue weighted by atomic mass is 10.3. The highest BCUT2D eigenvalue weighted by molar-refractivity contribution is 6.30. The molecule has 2 aromatic heterocycles. The van der Waals surface area contributed by atoms with Gasteiger partial charge < -0.3 is 14.8 Å². The van der Waals surface area contributed by atoms with E-state index in [1.54, 1.807) is 43.3 Å².